The molecule has 0 saturated carbocycles. The molecule has 2 rings (SSSR count). The van der Waals surface area contributed by atoms with E-state index in [4.69, 9.17) is 5.73 Å². The third-order valence-electron chi connectivity index (χ3n) is 4.65. The van der Waals surface area contributed by atoms with Gasteiger partial charge >= 0.3 is 0 Å². The summed E-state index contributed by atoms with van der Waals surface area (Å²) in [6, 6.07) is 4.25. The van der Waals surface area contributed by atoms with Crippen molar-refractivity contribution in [1.29, 1.82) is 0 Å². The SMILES string of the molecule is CN=C(NCCCCN1CCC(C(N)=O)CC1)NCCc1cccs1.I. The number of primary amides is 1. The van der Waals surface area contributed by atoms with Crippen LogP contribution in [0.4, 0.5) is 0 Å². The predicted octanol–water partition coefficient (Wildman–Crippen LogP) is 2.05. The van der Waals surface area contributed by atoms with Gasteiger partial charge in [-0.3, -0.25) is 9.79 Å². The van der Waals surface area contributed by atoms with E-state index in [1.165, 1.54) is 4.88 Å². The largest absolute Gasteiger partial charge is 0.369 e. The van der Waals surface area contributed by atoms with E-state index in [0.717, 1.165) is 70.8 Å². The predicted molar refractivity (Wildman–Crippen MR) is 120 cm³/mol. The number of amides is 1. The molecule has 0 radical (unpaired) electrons. The number of likely N-dealkylation sites (tertiary alicyclic amines) is 1. The first kappa shape index (κ1) is 23.2. The Morgan fingerprint density at radius 3 is 2.65 bits per heavy atom. The van der Waals surface area contributed by atoms with Gasteiger partial charge in [-0.2, -0.15) is 0 Å². The molecule has 1 aromatic heterocycles. The summed E-state index contributed by atoms with van der Waals surface area (Å²) in [6.07, 6.45) is 5.12. The molecule has 0 aliphatic carbocycles. The number of unbranched alkanes of at least 4 members (excludes halogenated alkanes) is 1. The molecule has 1 aliphatic rings. The number of piperidine rings is 1. The highest BCUT2D eigenvalue weighted by atomic mass is 127. The molecule has 2 heterocycles. The first-order chi connectivity index (χ1) is 12.2. The molecule has 1 aromatic rings. The van der Waals surface area contributed by atoms with Crippen LogP contribution in [0.3, 0.4) is 0 Å². The van der Waals surface area contributed by atoms with Crippen LogP contribution in [0.1, 0.15) is 30.6 Å². The van der Waals surface area contributed by atoms with Crippen LogP contribution in [0.2, 0.25) is 0 Å². The number of carbonyl (C=O) groups excluding carboxylic acids is 1. The number of nitrogens with zero attached hydrogens (tertiary/aromatic N) is 2. The summed E-state index contributed by atoms with van der Waals surface area (Å²) in [7, 11) is 1.81. The van der Waals surface area contributed by atoms with Crippen LogP contribution in [0.5, 0.6) is 0 Å². The number of rotatable bonds is 9. The molecule has 8 heteroatoms. The Kier molecular flexibility index (Phi) is 11.9. The van der Waals surface area contributed by atoms with E-state index in [9.17, 15) is 4.79 Å². The lowest BCUT2D eigenvalue weighted by molar-refractivity contribution is -0.123. The highest BCUT2D eigenvalue weighted by Crippen LogP contribution is 2.16. The van der Waals surface area contributed by atoms with Crippen molar-refractivity contribution in [1.82, 2.24) is 15.5 Å². The molecule has 1 saturated heterocycles. The Labute approximate surface area is 178 Å². The fraction of sp³-hybridized carbons (Fsp3) is 0.667. The van der Waals surface area contributed by atoms with Gasteiger partial charge in [-0.05, 0) is 63.2 Å². The highest BCUT2D eigenvalue weighted by Gasteiger charge is 2.22. The topological polar surface area (TPSA) is 82.8 Å². The maximum absolute atomic E-state index is 11.2. The summed E-state index contributed by atoms with van der Waals surface area (Å²) < 4.78 is 0. The number of carbonyl (C=O) groups is 1. The van der Waals surface area contributed by atoms with Crippen LogP contribution < -0.4 is 16.4 Å². The van der Waals surface area contributed by atoms with Crippen LogP contribution in [0.15, 0.2) is 22.5 Å². The Bertz CT molecular complexity index is 530. The molecule has 6 nitrogen and oxygen atoms in total. The standard InChI is InChI=1S/C18H31N5OS.HI/c1-20-18(22-10-6-16-5-4-14-25-16)21-9-2-3-11-23-12-7-15(8-13-23)17(19)24;/h4-5,14-15H,2-3,6-13H2,1H3,(H2,19,24)(H2,20,21,22);1H. The van der Waals surface area contributed by atoms with Crippen molar-refractivity contribution >= 4 is 47.2 Å². The number of nitrogens with one attached hydrogen (secondary N) is 2. The summed E-state index contributed by atoms with van der Waals surface area (Å²) in [6.45, 7) is 4.91. The maximum atomic E-state index is 11.2. The van der Waals surface area contributed by atoms with Gasteiger partial charge in [0.25, 0.3) is 0 Å². The number of hydrogen-bond donors (Lipinski definition) is 3. The minimum Gasteiger partial charge on any atom is -0.369 e. The number of nitrogens with two attached hydrogens (primary N) is 1. The lowest BCUT2D eigenvalue weighted by Crippen LogP contribution is -2.40. The molecule has 148 valence electrons. The summed E-state index contributed by atoms with van der Waals surface area (Å²) in [5, 5.41) is 8.84. The summed E-state index contributed by atoms with van der Waals surface area (Å²) in [5.41, 5.74) is 5.37. The fourth-order valence-corrected chi connectivity index (χ4v) is 3.80. The maximum Gasteiger partial charge on any atom is 0.220 e. The van der Waals surface area contributed by atoms with Gasteiger partial charge in [-0.25, -0.2) is 0 Å². The molecule has 4 N–H and O–H groups in total. The van der Waals surface area contributed by atoms with Gasteiger partial charge in [0.2, 0.25) is 5.91 Å². The first-order valence-electron chi connectivity index (χ1n) is 9.17. The molecule has 0 atom stereocenters. The molecule has 0 bridgehead atoms. The number of hydrogen-bond acceptors (Lipinski definition) is 4. The van der Waals surface area contributed by atoms with Crippen LogP contribution in [0, 0.1) is 5.92 Å². The van der Waals surface area contributed by atoms with E-state index in [1.54, 1.807) is 11.3 Å². The quantitative estimate of drug-likeness (QED) is 0.213. The molecule has 0 aromatic carbocycles. The molecular formula is C18H32IN5OS. The van der Waals surface area contributed by atoms with Gasteiger partial charge in [0.1, 0.15) is 0 Å². The summed E-state index contributed by atoms with van der Waals surface area (Å²) in [5.74, 6) is 0.821. The zero-order valence-corrected chi connectivity index (χ0v) is 18.7. The van der Waals surface area contributed by atoms with Gasteiger partial charge in [0.05, 0.1) is 0 Å². The monoisotopic (exact) mass is 493 g/mol. The Balaban J connectivity index is 0.00000338. The fourth-order valence-electron chi connectivity index (χ4n) is 3.09. The minimum atomic E-state index is -0.137. The normalized spacial score (nSPS) is 16.1. The van der Waals surface area contributed by atoms with E-state index in [0.29, 0.717) is 0 Å². The van der Waals surface area contributed by atoms with E-state index in [-0.39, 0.29) is 35.8 Å². The second kappa shape index (κ2) is 13.3. The molecule has 0 unspecified atom stereocenters. The molecule has 1 aliphatic heterocycles. The van der Waals surface area contributed by atoms with Gasteiger partial charge in [-0.15, -0.1) is 35.3 Å². The van der Waals surface area contributed by atoms with Gasteiger partial charge < -0.3 is 21.3 Å². The second-order valence-electron chi connectivity index (χ2n) is 6.48. The third kappa shape index (κ3) is 8.68. The molecule has 0 spiro atoms. The zero-order chi connectivity index (χ0) is 17.9. The number of guanidine groups is 1. The van der Waals surface area contributed by atoms with Crippen LogP contribution >= 0.6 is 35.3 Å². The van der Waals surface area contributed by atoms with Crippen molar-refractivity contribution in [3.8, 4) is 0 Å². The Morgan fingerprint density at radius 1 is 1.31 bits per heavy atom. The average molecular weight is 493 g/mol. The van der Waals surface area contributed by atoms with Crippen molar-refractivity contribution < 1.29 is 4.79 Å². The van der Waals surface area contributed by atoms with Crippen LogP contribution in [0.25, 0.3) is 0 Å². The molecule has 1 fully saturated rings. The molecular weight excluding hydrogens is 461 g/mol. The van der Waals surface area contributed by atoms with Gasteiger partial charge in [0.15, 0.2) is 5.96 Å². The van der Waals surface area contributed by atoms with Crippen LogP contribution in [-0.2, 0) is 11.2 Å². The van der Waals surface area contributed by atoms with Crippen molar-refractivity contribution in [2.75, 3.05) is 39.8 Å². The minimum absolute atomic E-state index is 0. The van der Waals surface area contributed by atoms with Gasteiger partial charge in [0, 0.05) is 30.9 Å². The van der Waals surface area contributed by atoms with Crippen molar-refractivity contribution in [3.05, 3.63) is 22.4 Å². The van der Waals surface area contributed by atoms with Crippen molar-refractivity contribution in [2.45, 2.75) is 32.1 Å². The number of thiophene rings is 1. The smallest absolute Gasteiger partial charge is 0.220 e. The summed E-state index contributed by atoms with van der Waals surface area (Å²) in [4.78, 5) is 19.3. The third-order valence-corrected chi connectivity index (χ3v) is 5.59. The second-order valence-corrected chi connectivity index (χ2v) is 7.51. The van der Waals surface area contributed by atoms with E-state index in [2.05, 4.69) is 38.0 Å². The average Bonchev–Trinajstić information content (AvgIpc) is 3.13. The first-order valence-corrected chi connectivity index (χ1v) is 10.1. The van der Waals surface area contributed by atoms with E-state index in [1.807, 2.05) is 7.05 Å². The highest BCUT2D eigenvalue weighted by molar-refractivity contribution is 14.0. The van der Waals surface area contributed by atoms with Crippen molar-refractivity contribution in [3.63, 3.8) is 0 Å². The lowest BCUT2D eigenvalue weighted by Gasteiger charge is -2.30. The molecule has 26 heavy (non-hydrogen) atoms. The zero-order valence-electron chi connectivity index (χ0n) is 15.6. The van der Waals surface area contributed by atoms with E-state index < -0.39 is 0 Å². The van der Waals surface area contributed by atoms with Crippen LogP contribution in [-0.4, -0.2) is 56.5 Å². The van der Waals surface area contributed by atoms with E-state index >= 15 is 0 Å². The van der Waals surface area contributed by atoms with Gasteiger partial charge in [-0.1, -0.05) is 6.07 Å². The lowest BCUT2D eigenvalue weighted by atomic mass is 9.96. The van der Waals surface area contributed by atoms with Crippen molar-refractivity contribution in [2.24, 2.45) is 16.6 Å². The number of aliphatic imine (C=N–C) groups is 1. The Hall–Kier alpha value is -0.870. The Morgan fingerprint density at radius 2 is 2.04 bits per heavy atom. The summed E-state index contributed by atoms with van der Waals surface area (Å²) >= 11 is 1.79. The number of halogens is 1. The molecule has 1 amide bonds.